The second-order valence-electron chi connectivity index (χ2n) is 5.44. The molecule has 100 valence electrons. The Hall–Kier alpha value is -0.190. The average Bonchev–Trinajstić information content (AvgIpc) is 2.27. The highest BCUT2D eigenvalue weighted by Crippen LogP contribution is 2.33. The lowest BCUT2D eigenvalue weighted by Gasteiger charge is -2.37. The van der Waals surface area contributed by atoms with Crippen molar-refractivity contribution in [2.24, 2.45) is 17.6 Å². The Bertz CT molecular complexity index is 439. The first-order chi connectivity index (χ1) is 8.49. The monoisotopic (exact) mass is 329 g/mol. The Balaban J connectivity index is 2.22. The Morgan fingerprint density at radius 1 is 1.33 bits per heavy atom. The van der Waals surface area contributed by atoms with Crippen molar-refractivity contribution in [1.82, 2.24) is 0 Å². The molecule has 0 spiro atoms. The molecule has 0 bridgehead atoms. The van der Waals surface area contributed by atoms with Gasteiger partial charge in [0.2, 0.25) is 0 Å². The highest BCUT2D eigenvalue weighted by Gasteiger charge is 2.36. The predicted octanol–water partition coefficient (Wildman–Crippen LogP) is 3.32. The van der Waals surface area contributed by atoms with E-state index in [1.54, 1.807) is 0 Å². The van der Waals surface area contributed by atoms with Crippen molar-refractivity contribution in [2.45, 2.75) is 42.9 Å². The van der Waals surface area contributed by atoms with Crippen LogP contribution in [0.4, 0.5) is 0 Å². The van der Waals surface area contributed by atoms with Crippen LogP contribution in [0.3, 0.4) is 0 Å². The Labute approximate surface area is 120 Å². The highest BCUT2D eigenvalue weighted by molar-refractivity contribution is 9.10. The van der Waals surface area contributed by atoms with Gasteiger partial charge in [-0.15, -0.1) is 0 Å². The minimum atomic E-state index is -1.01. The molecule has 2 nitrogen and oxygen atoms in total. The first kappa shape index (κ1) is 14.2. The summed E-state index contributed by atoms with van der Waals surface area (Å²) in [6.45, 7) is 4.41. The van der Waals surface area contributed by atoms with E-state index < -0.39 is 10.8 Å². The molecule has 5 unspecified atom stereocenters. The molecule has 1 saturated carbocycles. The molecule has 0 amide bonds. The summed E-state index contributed by atoms with van der Waals surface area (Å²) in [6.07, 6.45) is 2.10. The maximum Gasteiger partial charge on any atom is 0.0579 e. The van der Waals surface area contributed by atoms with Gasteiger partial charge >= 0.3 is 0 Å². The molecule has 2 rings (SSSR count). The van der Waals surface area contributed by atoms with E-state index in [1.807, 2.05) is 24.3 Å². The zero-order chi connectivity index (χ0) is 13.3. The van der Waals surface area contributed by atoms with E-state index in [0.29, 0.717) is 11.8 Å². The van der Waals surface area contributed by atoms with Crippen molar-refractivity contribution in [3.63, 3.8) is 0 Å². The maximum atomic E-state index is 12.7. The van der Waals surface area contributed by atoms with Gasteiger partial charge < -0.3 is 5.73 Å². The summed E-state index contributed by atoms with van der Waals surface area (Å²) in [5, 5.41) is 0.0792. The van der Waals surface area contributed by atoms with Gasteiger partial charge in [-0.3, -0.25) is 4.21 Å². The SMILES string of the molecule is CC1CC(C)C(S(=O)c2cccc(Br)c2)C(N)C1. The molecule has 0 heterocycles. The third kappa shape index (κ3) is 3.03. The maximum absolute atomic E-state index is 12.7. The lowest BCUT2D eigenvalue weighted by atomic mass is 9.80. The first-order valence-electron chi connectivity index (χ1n) is 6.40. The van der Waals surface area contributed by atoms with E-state index in [-0.39, 0.29) is 11.3 Å². The van der Waals surface area contributed by atoms with Crippen LogP contribution in [0.5, 0.6) is 0 Å². The van der Waals surface area contributed by atoms with Crippen LogP contribution < -0.4 is 5.73 Å². The fraction of sp³-hybridized carbons (Fsp3) is 0.571. The number of halogens is 1. The second kappa shape index (κ2) is 5.85. The Kier molecular flexibility index (Phi) is 4.62. The molecule has 1 aromatic carbocycles. The van der Waals surface area contributed by atoms with Gasteiger partial charge in [0, 0.05) is 15.4 Å². The highest BCUT2D eigenvalue weighted by atomic mass is 79.9. The van der Waals surface area contributed by atoms with Crippen molar-refractivity contribution in [3.8, 4) is 0 Å². The minimum Gasteiger partial charge on any atom is -0.327 e. The molecular weight excluding hydrogens is 310 g/mol. The molecule has 0 aromatic heterocycles. The van der Waals surface area contributed by atoms with Crippen molar-refractivity contribution in [3.05, 3.63) is 28.7 Å². The van der Waals surface area contributed by atoms with Crippen molar-refractivity contribution < 1.29 is 4.21 Å². The van der Waals surface area contributed by atoms with Crippen LogP contribution in [0, 0.1) is 11.8 Å². The van der Waals surface area contributed by atoms with Gasteiger partial charge in [0.1, 0.15) is 0 Å². The van der Waals surface area contributed by atoms with Crippen LogP contribution in [-0.2, 0) is 10.8 Å². The largest absolute Gasteiger partial charge is 0.327 e. The third-order valence-electron chi connectivity index (χ3n) is 3.71. The number of benzene rings is 1. The molecule has 1 aliphatic rings. The molecule has 5 atom stereocenters. The molecule has 1 fully saturated rings. The summed E-state index contributed by atoms with van der Waals surface area (Å²) in [7, 11) is -1.01. The predicted molar refractivity (Wildman–Crippen MR) is 79.9 cm³/mol. The van der Waals surface area contributed by atoms with Gasteiger partial charge in [0.25, 0.3) is 0 Å². The van der Waals surface area contributed by atoms with Crippen LogP contribution in [0.2, 0.25) is 0 Å². The van der Waals surface area contributed by atoms with Gasteiger partial charge in [-0.1, -0.05) is 35.8 Å². The molecule has 0 radical (unpaired) electrons. The molecule has 18 heavy (non-hydrogen) atoms. The minimum absolute atomic E-state index is 0.0450. The third-order valence-corrected chi connectivity index (χ3v) is 6.23. The van der Waals surface area contributed by atoms with Gasteiger partial charge in [-0.2, -0.15) is 0 Å². The van der Waals surface area contributed by atoms with Crippen molar-refractivity contribution >= 4 is 26.7 Å². The molecule has 2 N–H and O–H groups in total. The van der Waals surface area contributed by atoms with E-state index in [2.05, 4.69) is 29.8 Å². The lowest BCUT2D eigenvalue weighted by Crippen LogP contribution is -2.47. The number of nitrogens with two attached hydrogens (primary N) is 1. The summed E-state index contributed by atoms with van der Waals surface area (Å²) in [6, 6.07) is 7.79. The zero-order valence-electron chi connectivity index (χ0n) is 10.8. The summed E-state index contributed by atoms with van der Waals surface area (Å²) in [4.78, 5) is 0.881. The van der Waals surface area contributed by atoms with Gasteiger partial charge in [0.05, 0.1) is 16.0 Å². The Morgan fingerprint density at radius 2 is 2.06 bits per heavy atom. The molecule has 1 aromatic rings. The van der Waals surface area contributed by atoms with Crippen LogP contribution >= 0.6 is 15.9 Å². The van der Waals surface area contributed by atoms with E-state index in [1.165, 1.54) is 0 Å². The van der Waals surface area contributed by atoms with Gasteiger partial charge in [-0.05, 0) is 42.9 Å². The second-order valence-corrected chi connectivity index (χ2v) is 7.96. The van der Waals surface area contributed by atoms with Gasteiger partial charge in [-0.25, -0.2) is 0 Å². The average molecular weight is 330 g/mol. The molecule has 1 aliphatic carbocycles. The van der Waals surface area contributed by atoms with Crippen LogP contribution in [0.1, 0.15) is 26.7 Å². The summed E-state index contributed by atoms with van der Waals surface area (Å²) in [5.41, 5.74) is 6.23. The summed E-state index contributed by atoms with van der Waals surface area (Å²) < 4.78 is 13.7. The van der Waals surface area contributed by atoms with Crippen molar-refractivity contribution in [1.29, 1.82) is 0 Å². The van der Waals surface area contributed by atoms with Crippen molar-refractivity contribution in [2.75, 3.05) is 0 Å². The van der Waals surface area contributed by atoms with Crippen LogP contribution in [-0.4, -0.2) is 15.5 Å². The quantitative estimate of drug-likeness (QED) is 0.904. The molecule has 4 heteroatoms. The van der Waals surface area contributed by atoms with E-state index >= 15 is 0 Å². The number of rotatable bonds is 2. The molecular formula is C14H20BrNOS. The van der Waals surface area contributed by atoms with Gasteiger partial charge in [0.15, 0.2) is 0 Å². The first-order valence-corrected chi connectivity index (χ1v) is 8.41. The van der Waals surface area contributed by atoms with Crippen LogP contribution in [0.15, 0.2) is 33.6 Å². The topological polar surface area (TPSA) is 43.1 Å². The standard InChI is InChI=1S/C14H20BrNOS/c1-9-6-10(2)14(13(16)7-9)18(17)12-5-3-4-11(15)8-12/h3-5,8-10,13-14H,6-7,16H2,1-2H3. The zero-order valence-corrected chi connectivity index (χ0v) is 13.2. The Morgan fingerprint density at radius 3 is 2.67 bits per heavy atom. The summed E-state index contributed by atoms with van der Waals surface area (Å²) >= 11 is 3.43. The number of hydrogen-bond donors (Lipinski definition) is 1. The summed E-state index contributed by atoms with van der Waals surface area (Å²) in [5.74, 6) is 1.06. The molecule has 0 saturated heterocycles. The smallest absolute Gasteiger partial charge is 0.0579 e. The lowest BCUT2D eigenvalue weighted by molar-refractivity contribution is 0.275. The fourth-order valence-corrected chi connectivity index (χ4v) is 5.29. The number of hydrogen-bond acceptors (Lipinski definition) is 2. The molecule has 0 aliphatic heterocycles. The van der Waals surface area contributed by atoms with E-state index in [4.69, 9.17) is 5.73 Å². The van der Waals surface area contributed by atoms with E-state index in [0.717, 1.165) is 22.2 Å². The van der Waals surface area contributed by atoms with Crippen LogP contribution in [0.25, 0.3) is 0 Å². The normalized spacial score (nSPS) is 34.2. The fourth-order valence-electron chi connectivity index (χ4n) is 3.00. The van der Waals surface area contributed by atoms with E-state index in [9.17, 15) is 4.21 Å².